The maximum Gasteiger partial charge on any atom is 0.133 e. The van der Waals surface area contributed by atoms with E-state index in [9.17, 15) is 0 Å². The van der Waals surface area contributed by atoms with Gasteiger partial charge in [0.1, 0.15) is 28.1 Å². The van der Waals surface area contributed by atoms with Crippen LogP contribution in [0.3, 0.4) is 0 Å². The summed E-state index contributed by atoms with van der Waals surface area (Å²) in [5, 5.41) is 10.4. The lowest BCUT2D eigenvalue weighted by Gasteiger charge is -2.02. The summed E-state index contributed by atoms with van der Waals surface area (Å²) < 4.78 is 0. The van der Waals surface area contributed by atoms with Gasteiger partial charge in [-0.2, -0.15) is 5.26 Å². The first kappa shape index (κ1) is 18.4. The van der Waals surface area contributed by atoms with Crippen LogP contribution in [-0.4, -0.2) is 19.9 Å². The number of benzene rings is 1. The predicted octanol–water partition coefficient (Wildman–Crippen LogP) is 5.11. The van der Waals surface area contributed by atoms with Gasteiger partial charge in [-0.3, -0.25) is 0 Å². The smallest absolute Gasteiger partial charge is 0.133 e. The first-order chi connectivity index (χ1) is 11.5. The minimum atomic E-state index is 0.350. The molecule has 2 aromatic heterocycles. The topological polar surface area (TPSA) is 75.3 Å². The summed E-state index contributed by atoms with van der Waals surface area (Å²) >= 11 is 22.5. The Morgan fingerprint density at radius 2 is 1.29 bits per heavy atom. The molecule has 0 saturated carbocycles. The number of hydrogen-bond acceptors (Lipinski definition) is 5. The predicted molar refractivity (Wildman–Crippen MR) is 94.3 cm³/mol. The summed E-state index contributed by atoms with van der Waals surface area (Å²) in [4.78, 5) is 15.1. The molecule has 2 heterocycles. The minimum Gasteiger partial charge on any atom is -0.236 e. The van der Waals surface area contributed by atoms with E-state index in [2.05, 4.69) is 19.9 Å². The van der Waals surface area contributed by atoms with Crippen LogP contribution in [0.5, 0.6) is 0 Å². The van der Waals surface area contributed by atoms with Crippen molar-refractivity contribution < 1.29 is 0 Å². The Morgan fingerprint density at radius 3 is 1.79 bits per heavy atom. The van der Waals surface area contributed by atoms with Crippen LogP contribution in [0.25, 0.3) is 11.3 Å². The number of nitriles is 1. The Labute approximate surface area is 157 Å². The molecule has 3 aromatic rings. The van der Waals surface area contributed by atoms with Crippen LogP contribution in [-0.2, 0) is 0 Å². The molecule has 0 unspecified atom stereocenters. The van der Waals surface area contributed by atoms with Gasteiger partial charge in [0.05, 0.1) is 17.3 Å². The van der Waals surface area contributed by atoms with Gasteiger partial charge in [0.2, 0.25) is 0 Å². The lowest BCUT2D eigenvalue weighted by Crippen LogP contribution is -1.87. The molecule has 0 N–H and O–H groups in total. The van der Waals surface area contributed by atoms with Crippen molar-refractivity contribution in [3.8, 4) is 17.3 Å². The van der Waals surface area contributed by atoms with E-state index in [0.29, 0.717) is 31.7 Å². The molecule has 5 nitrogen and oxygen atoms in total. The largest absolute Gasteiger partial charge is 0.236 e. The van der Waals surface area contributed by atoms with E-state index in [4.69, 9.17) is 51.7 Å². The van der Waals surface area contributed by atoms with Gasteiger partial charge in [0.25, 0.3) is 0 Å². The first-order valence-electron chi connectivity index (χ1n) is 6.29. The van der Waals surface area contributed by atoms with Crippen molar-refractivity contribution in [2.45, 2.75) is 0 Å². The molecule has 9 heteroatoms. The van der Waals surface area contributed by atoms with Gasteiger partial charge in [0.15, 0.2) is 0 Å². The van der Waals surface area contributed by atoms with Gasteiger partial charge in [0, 0.05) is 22.7 Å². The van der Waals surface area contributed by atoms with Crippen LogP contribution in [0.1, 0.15) is 5.56 Å². The van der Waals surface area contributed by atoms with E-state index in [1.165, 1.54) is 18.7 Å². The molecule has 0 aliphatic carbocycles. The lowest BCUT2D eigenvalue weighted by molar-refractivity contribution is 1.17. The first-order valence-corrected chi connectivity index (χ1v) is 7.81. The van der Waals surface area contributed by atoms with Gasteiger partial charge >= 0.3 is 0 Å². The van der Waals surface area contributed by atoms with Crippen molar-refractivity contribution in [3.63, 3.8) is 0 Å². The lowest BCUT2D eigenvalue weighted by atomic mass is 10.1. The van der Waals surface area contributed by atoms with E-state index in [1.807, 2.05) is 6.07 Å². The normalized spacial score (nSPS) is 9.62. The van der Waals surface area contributed by atoms with Gasteiger partial charge < -0.3 is 0 Å². The van der Waals surface area contributed by atoms with Crippen LogP contribution in [0.2, 0.25) is 20.5 Å². The third kappa shape index (κ3) is 5.59. The fourth-order valence-corrected chi connectivity index (χ4v) is 2.34. The maximum atomic E-state index is 8.82. The highest BCUT2D eigenvalue weighted by molar-refractivity contribution is 6.33. The molecule has 0 fully saturated rings. The van der Waals surface area contributed by atoms with E-state index < -0.39 is 0 Å². The highest BCUT2D eigenvalue weighted by atomic mass is 35.5. The average molecular weight is 399 g/mol. The molecular weight excluding hydrogens is 392 g/mol. The summed E-state index contributed by atoms with van der Waals surface area (Å²) in [5.41, 5.74) is 1.87. The third-order valence-electron chi connectivity index (χ3n) is 2.56. The zero-order valence-electron chi connectivity index (χ0n) is 11.8. The second-order valence-corrected chi connectivity index (χ2v) is 5.83. The monoisotopic (exact) mass is 397 g/mol. The van der Waals surface area contributed by atoms with Gasteiger partial charge in [-0.15, -0.1) is 0 Å². The van der Waals surface area contributed by atoms with Crippen molar-refractivity contribution in [1.82, 2.24) is 19.9 Å². The number of hydrogen-bond donors (Lipinski definition) is 0. The molecule has 0 spiro atoms. The highest BCUT2D eigenvalue weighted by Gasteiger charge is 2.04. The van der Waals surface area contributed by atoms with Gasteiger partial charge in [-0.05, 0) is 18.2 Å². The van der Waals surface area contributed by atoms with Crippen LogP contribution < -0.4 is 0 Å². The van der Waals surface area contributed by atoms with Crippen molar-refractivity contribution in [2.24, 2.45) is 0 Å². The molecular formula is C15H7Cl4N5. The van der Waals surface area contributed by atoms with Crippen LogP contribution in [0, 0.1) is 11.3 Å². The molecule has 0 saturated heterocycles. The van der Waals surface area contributed by atoms with E-state index in [0.717, 1.165) is 5.56 Å². The summed E-state index contributed by atoms with van der Waals surface area (Å²) in [5.74, 6) is 0. The van der Waals surface area contributed by atoms with E-state index in [1.54, 1.807) is 24.3 Å². The van der Waals surface area contributed by atoms with Crippen LogP contribution in [0.4, 0.5) is 0 Å². The van der Waals surface area contributed by atoms with Crippen molar-refractivity contribution in [1.29, 1.82) is 5.26 Å². The van der Waals surface area contributed by atoms with Gasteiger partial charge in [-0.1, -0.05) is 46.4 Å². The fraction of sp³-hybridized carbons (Fsp3) is 0. The van der Waals surface area contributed by atoms with Crippen LogP contribution in [0.15, 0.2) is 43.0 Å². The molecule has 0 radical (unpaired) electrons. The van der Waals surface area contributed by atoms with Crippen molar-refractivity contribution >= 4 is 46.4 Å². The molecule has 24 heavy (non-hydrogen) atoms. The molecule has 1 aromatic carbocycles. The molecule has 120 valence electrons. The SMILES string of the molecule is Clc1cc(Cl)ncn1.N#Cc1cc(Cl)cc(-c2cc(Cl)ncn2)c1. The van der Waals surface area contributed by atoms with Gasteiger partial charge in [-0.25, -0.2) is 19.9 Å². The second kappa shape index (κ2) is 8.76. The number of halogens is 4. The summed E-state index contributed by atoms with van der Waals surface area (Å²) in [6.07, 6.45) is 2.68. The molecule has 0 bridgehead atoms. The quantitative estimate of drug-likeness (QED) is 0.532. The minimum absolute atomic E-state index is 0.350. The Balaban J connectivity index is 0.000000219. The highest BCUT2D eigenvalue weighted by Crippen LogP contribution is 2.24. The zero-order valence-corrected chi connectivity index (χ0v) is 14.8. The average Bonchev–Trinajstić information content (AvgIpc) is 2.54. The number of rotatable bonds is 1. The fourth-order valence-electron chi connectivity index (χ4n) is 1.61. The van der Waals surface area contributed by atoms with Crippen molar-refractivity contribution in [3.05, 3.63) is 69.0 Å². The summed E-state index contributed by atoms with van der Waals surface area (Å²) in [6, 6.07) is 10.1. The van der Waals surface area contributed by atoms with Crippen molar-refractivity contribution in [2.75, 3.05) is 0 Å². The number of aromatic nitrogens is 4. The standard InChI is InChI=1S/C11H5Cl2N3.C4H2Cl2N2/c12-9-2-7(5-14)1-8(3-9)10-4-11(13)16-6-15-10;5-3-1-4(6)8-2-7-3/h1-4,6H;1-2H. The summed E-state index contributed by atoms with van der Waals surface area (Å²) in [6.45, 7) is 0. The summed E-state index contributed by atoms with van der Waals surface area (Å²) in [7, 11) is 0. The third-order valence-corrected chi connectivity index (χ3v) is 3.40. The molecule has 0 amide bonds. The Bertz CT molecular complexity index is 878. The Hall–Kier alpha value is -1.97. The van der Waals surface area contributed by atoms with Crippen LogP contribution >= 0.6 is 46.4 Å². The molecule has 3 rings (SSSR count). The van der Waals surface area contributed by atoms with E-state index >= 15 is 0 Å². The number of nitrogens with zero attached hydrogens (tertiary/aromatic N) is 5. The Kier molecular flexibility index (Phi) is 6.71. The molecule has 0 aliphatic heterocycles. The van der Waals surface area contributed by atoms with E-state index in [-0.39, 0.29) is 0 Å². The maximum absolute atomic E-state index is 8.82. The Morgan fingerprint density at radius 1 is 0.708 bits per heavy atom. The second-order valence-electron chi connectivity index (χ2n) is 4.23. The molecule has 0 aliphatic rings. The zero-order chi connectivity index (χ0) is 17.5. The molecule has 0 atom stereocenters.